The maximum atomic E-state index is 11.8. The molecule has 0 aliphatic carbocycles. The smallest absolute Gasteiger partial charge is 0.408 e. The number of carbonyl (C=O) groups is 3. The lowest BCUT2D eigenvalue weighted by molar-refractivity contribution is -0.142. The van der Waals surface area contributed by atoms with E-state index < -0.39 is 18.1 Å². The van der Waals surface area contributed by atoms with E-state index in [4.69, 9.17) is 14.6 Å². The Bertz CT molecular complexity index is 535. The molecule has 0 aliphatic heterocycles. The molecule has 24 heavy (non-hydrogen) atoms. The van der Waals surface area contributed by atoms with E-state index in [1.54, 1.807) is 6.92 Å². The third-order valence-electron chi connectivity index (χ3n) is 2.93. The number of rotatable bonds is 10. The Morgan fingerprint density at radius 3 is 2.58 bits per heavy atom. The highest BCUT2D eigenvalue weighted by Gasteiger charge is 2.15. The van der Waals surface area contributed by atoms with Gasteiger partial charge in [0.05, 0.1) is 0 Å². The number of ether oxygens (including phenoxy) is 2. The van der Waals surface area contributed by atoms with Gasteiger partial charge in [0.1, 0.15) is 19.3 Å². The topological polar surface area (TPSA) is 114 Å². The van der Waals surface area contributed by atoms with Crippen molar-refractivity contribution in [3.8, 4) is 0 Å². The summed E-state index contributed by atoms with van der Waals surface area (Å²) in [6.07, 6.45) is -0.198. The molecule has 1 rings (SSSR count). The highest BCUT2D eigenvalue weighted by Crippen LogP contribution is 2.00. The molecule has 1 unspecified atom stereocenters. The van der Waals surface area contributed by atoms with Crippen LogP contribution in [0.15, 0.2) is 30.3 Å². The molecule has 1 aromatic rings. The second-order valence-electron chi connectivity index (χ2n) is 5.02. The van der Waals surface area contributed by atoms with Crippen molar-refractivity contribution in [1.82, 2.24) is 10.6 Å². The summed E-state index contributed by atoms with van der Waals surface area (Å²) >= 11 is 0. The van der Waals surface area contributed by atoms with Gasteiger partial charge in [-0.25, -0.2) is 9.59 Å². The highest BCUT2D eigenvalue weighted by atomic mass is 16.5. The normalized spacial score (nSPS) is 11.4. The molecule has 0 radical (unpaired) electrons. The van der Waals surface area contributed by atoms with Crippen molar-refractivity contribution in [2.45, 2.75) is 26.0 Å². The monoisotopic (exact) mass is 338 g/mol. The fourth-order valence-corrected chi connectivity index (χ4v) is 1.71. The van der Waals surface area contributed by atoms with Crippen LogP contribution >= 0.6 is 0 Å². The van der Waals surface area contributed by atoms with Crippen molar-refractivity contribution in [2.24, 2.45) is 0 Å². The first-order valence-corrected chi connectivity index (χ1v) is 7.53. The van der Waals surface area contributed by atoms with E-state index in [-0.39, 0.29) is 25.7 Å². The van der Waals surface area contributed by atoms with Crippen LogP contribution in [0.2, 0.25) is 0 Å². The predicted molar refractivity (Wildman–Crippen MR) is 85.3 cm³/mol. The lowest BCUT2D eigenvalue weighted by Gasteiger charge is -2.14. The predicted octanol–water partition coefficient (Wildman–Crippen LogP) is 0.909. The molecule has 8 nitrogen and oxygen atoms in total. The van der Waals surface area contributed by atoms with Crippen molar-refractivity contribution in [2.75, 3.05) is 19.8 Å². The molecule has 0 spiro atoms. The molecule has 0 heterocycles. The molecular weight excluding hydrogens is 316 g/mol. The minimum Gasteiger partial charge on any atom is -0.480 e. The Morgan fingerprint density at radius 1 is 1.21 bits per heavy atom. The molecule has 1 atom stereocenters. The molecule has 0 aliphatic rings. The second-order valence-corrected chi connectivity index (χ2v) is 5.02. The number of carbonyl (C=O) groups excluding carboxylic acids is 2. The first-order valence-electron chi connectivity index (χ1n) is 7.53. The maximum absolute atomic E-state index is 11.8. The summed E-state index contributed by atoms with van der Waals surface area (Å²) in [5.41, 5.74) is 0.853. The number of amides is 2. The van der Waals surface area contributed by atoms with E-state index >= 15 is 0 Å². The number of nitrogens with one attached hydrogen (secondary N) is 2. The van der Waals surface area contributed by atoms with E-state index in [0.717, 1.165) is 5.56 Å². The zero-order valence-electron chi connectivity index (χ0n) is 13.5. The first-order chi connectivity index (χ1) is 11.5. The average Bonchev–Trinajstić information content (AvgIpc) is 2.56. The quantitative estimate of drug-likeness (QED) is 0.546. The van der Waals surface area contributed by atoms with Gasteiger partial charge in [-0.2, -0.15) is 0 Å². The summed E-state index contributed by atoms with van der Waals surface area (Å²) in [5.74, 6) is -1.39. The summed E-state index contributed by atoms with van der Waals surface area (Å²) in [4.78, 5) is 33.6. The van der Waals surface area contributed by atoms with Gasteiger partial charge in [0.25, 0.3) is 0 Å². The lowest BCUT2D eigenvalue weighted by atomic mass is 10.2. The molecule has 1 aromatic carbocycles. The summed E-state index contributed by atoms with van der Waals surface area (Å²) in [7, 11) is 0. The van der Waals surface area contributed by atoms with Crippen molar-refractivity contribution in [1.29, 1.82) is 0 Å². The van der Waals surface area contributed by atoms with E-state index in [9.17, 15) is 14.4 Å². The summed E-state index contributed by atoms with van der Waals surface area (Å²) < 4.78 is 9.86. The Hall–Kier alpha value is -2.61. The van der Waals surface area contributed by atoms with Gasteiger partial charge in [0.2, 0.25) is 5.91 Å². The lowest BCUT2D eigenvalue weighted by Crippen LogP contribution is -2.45. The average molecular weight is 338 g/mol. The Kier molecular flexibility index (Phi) is 8.91. The Balaban J connectivity index is 2.14. The number of aliphatic carboxylic acids is 1. The molecule has 8 heteroatoms. The molecule has 0 saturated heterocycles. The summed E-state index contributed by atoms with van der Waals surface area (Å²) in [5, 5.41) is 13.4. The first kappa shape index (κ1) is 19.4. The Labute approximate surface area is 140 Å². The fraction of sp³-hybridized carbons (Fsp3) is 0.438. The van der Waals surface area contributed by atoms with E-state index in [1.165, 1.54) is 0 Å². The van der Waals surface area contributed by atoms with Crippen LogP contribution in [0.1, 0.15) is 18.9 Å². The van der Waals surface area contributed by atoms with Crippen molar-refractivity contribution in [3.63, 3.8) is 0 Å². The van der Waals surface area contributed by atoms with Gasteiger partial charge < -0.3 is 25.2 Å². The zero-order chi connectivity index (χ0) is 17.8. The Morgan fingerprint density at radius 2 is 1.92 bits per heavy atom. The van der Waals surface area contributed by atoms with E-state index in [0.29, 0.717) is 13.0 Å². The van der Waals surface area contributed by atoms with Crippen LogP contribution in [0.25, 0.3) is 0 Å². The molecule has 0 aromatic heterocycles. The fourth-order valence-electron chi connectivity index (χ4n) is 1.71. The van der Waals surface area contributed by atoms with Gasteiger partial charge in [-0.05, 0) is 18.9 Å². The highest BCUT2D eigenvalue weighted by molar-refractivity contribution is 5.85. The number of benzene rings is 1. The third-order valence-corrected chi connectivity index (χ3v) is 2.93. The number of carboxylic acids is 1. The number of hydrogen-bond acceptors (Lipinski definition) is 5. The summed E-state index contributed by atoms with van der Waals surface area (Å²) in [6.45, 7) is 1.86. The molecule has 0 saturated carbocycles. The molecule has 0 bridgehead atoms. The standard InChI is InChI=1S/C16H22N2O6/c1-12(15(21)17-8-5-9-23-11-14(19)20)18-16(22)24-10-13-6-3-2-4-7-13/h2-4,6-7,12H,5,8-11H2,1H3,(H,17,21)(H,18,22)(H,19,20). The number of carboxylic acid groups (broad SMARTS) is 1. The molecule has 3 N–H and O–H groups in total. The SMILES string of the molecule is CC(NC(=O)OCc1ccccc1)C(=O)NCCCOCC(=O)O. The van der Waals surface area contributed by atoms with Crippen LogP contribution < -0.4 is 10.6 Å². The minimum absolute atomic E-state index is 0.127. The summed E-state index contributed by atoms with van der Waals surface area (Å²) in [6, 6.07) is 8.46. The zero-order valence-corrected chi connectivity index (χ0v) is 13.5. The van der Waals surface area contributed by atoms with Crippen LogP contribution in [0.3, 0.4) is 0 Å². The third kappa shape index (κ3) is 8.74. The molecule has 132 valence electrons. The number of hydrogen-bond donors (Lipinski definition) is 3. The molecule has 2 amide bonds. The van der Waals surface area contributed by atoms with Crippen LogP contribution in [0.4, 0.5) is 4.79 Å². The van der Waals surface area contributed by atoms with Gasteiger partial charge in [-0.3, -0.25) is 4.79 Å². The van der Waals surface area contributed by atoms with Gasteiger partial charge in [-0.15, -0.1) is 0 Å². The van der Waals surface area contributed by atoms with Crippen LogP contribution in [-0.4, -0.2) is 48.9 Å². The van der Waals surface area contributed by atoms with Gasteiger partial charge in [-0.1, -0.05) is 30.3 Å². The molecule has 0 fully saturated rings. The van der Waals surface area contributed by atoms with Crippen molar-refractivity contribution < 1.29 is 29.0 Å². The maximum Gasteiger partial charge on any atom is 0.408 e. The minimum atomic E-state index is -1.04. The van der Waals surface area contributed by atoms with Gasteiger partial charge >= 0.3 is 12.1 Å². The van der Waals surface area contributed by atoms with E-state index in [1.807, 2.05) is 30.3 Å². The molecular formula is C16H22N2O6. The van der Waals surface area contributed by atoms with Crippen LogP contribution in [0.5, 0.6) is 0 Å². The van der Waals surface area contributed by atoms with Crippen molar-refractivity contribution >= 4 is 18.0 Å². The van der Waals surface area contributed by atoms with Crippen LogP contribution in [-0.2, 0) is 25.7 Å². The van der Waals surface area contributed by atoms with Crippen molar-refractivity contribution in [3.05, 3.63) is 35.9 Å². The van der Waals surface area contributed by atoms with E-state index in [2.05, 4.69) is 10.6 Å². The van der Waals surface area contributed by atoms with Gasteiger partial charge in [0.15, 0.2) is 0 Å². The van der Waals surface area contributed by atoms with Crippen LogP contribution in [0, 0.1) is 0 Å². The van der Waals surface area contributed by atoms with Gasteiger partial charge in [0, 0.05) is 13.2 Å². The largest absolute Gasteiger partial charge is 0.480 e. The number of alkyl carbamates (subject to hydrolysis) is 1. The second kappa shape index (κ2) is 11.0.